The van der Waals surface area contributed by atoms with Crippen LogP contribution in [0.15, 0.2) is 12.3 Å². The molecular formula is C14H23N5. The molecule has 0 aliphatic rings. The fraction of sp³-hybridized carbons (Fsp3) is 0.571. The van der Waals surface area contributed by atoms with E-state index in [-0.39, 0.29) is 6.04 Å². The fourth-order valence-corrected chi connectivity index (χ4v) is 2.49. The smallest absolute Gasteiger partial charge is 0.0629 e. The summed E-state index contributed by atoms with van der Waals surface area (Å²) < 4.78 is 3.92. The molecular weight excluding hydrogens is 238 g/mol. The summed E-state index contributed by atoms with van der Waals surface area (Å²) in [5.74, 6) is 0. The summed E-state index contributed by atoms with van der Waals surface area (Å²) in [7, 11) is 1.97. The predicted octanol–water partition coefficient (Wildman–Crippen LogP) is 1.89. The van der Waals surface area contributed by atoms with E-state index in [1.165, 1.54) is 11.3 Å². The van der Waals surface area contributed by atoms with Crippen LogP contribution in [0.3, 0.4) is 0 Å². The zero-order chi connectivity index (χ0) is 14.0. The van der Waals surface area contributed by atoms with Crippen LogP contribution in [0.5, 0.6) is 0 Å². The molecule has 0 amide bonds. The van der Waals surface area contributed by atoms with Crippen molar-refractivity contribution in [1.29, 1.82) is 0 Å². The van der Waals surface area contributed by atoms with Gasteiger partial charge in [-0.05, 0) is 38.3 Å². The number of nitrogens with two attached hydrogens (primary N) is 1. The Morgan fingerprint density at radius 3 is 2.68 bits per heavy atom. The summed E-state index contributed by atoms with van der Waals surface area (Å²) in [5, 5.41) is 8.78. The zero-order valence-electron chi connectivity index (χ0n) is 12.2. The average molecular weight is 261 g/mol. The molecule has 0 saturated carbocycles. The number of aryl methyl sites for hydroxylation is 3. The summed E-state index contributed by atoms with van der Waals surface area (Å²) in [4.78, 5) is 0. The Balaban J connectivity index is 2.20. The van der Waals surface area contributed by atoms with Crippen molar-refractivity contribution in [2.24, 2.45) is 12.8 Å². The van der Waals surface area contributed by atoms with Gasteiger partial charge in [-0.1, -0.05) is 6.92 Å². The topological polar surface area (TPSA) is 61.7 Å². The molecule has 1 atom stereocenters. The maximum Gasteiger partial charge on any atom is 0.0629 e. The van der Waals surface area contributed by atoms with E-state index < -0.39 is 0 Å². The van der Waals surface area contributed by atoms with Gasteiger partial charge in [-0.3, -0.25) is 9.36 Å². The van der Waals surface area contributed by atoms with Crippen molar-refractivity contribution in [2.75, 3.05) is 0 Å². The quantitative estimate of drug-likeness (QED) is 0.894. The number of hydrogen-bond acceptors (Lipinski definition) is 3. The molecule has 0 spiro atoms. The van der Waals surface area contributed by atoms with E-state index >= 15 is 0 Å². The molecule has 0 aromatic carbocycles. The maximum atomic E-state index is 6.35. The lowest BCUT2D eigenvalue weighted by atomic mass is 10.0. The van der Waals surface area contributed by atoms with Gasteiger partial charge >= 0.3 is 0 Å². The minimum absolute atomic E-state index is 0.0318. The fourth-order valence-electron chi connectivity index (χ4n) is 2.49. The van der Waals surface area contributed by atoms with Gasteiger partial charge in [-0.25, -0.2) is 0 Å². The molecule has 5 nitrogen and oxygen atoms in total. The summed E-state index contributed by atoms with van der Waals surface area (Å²) in [6.45, 7) is 7.19. The molecule has 0 saturated heterocycles. The van der Waals surface area contributed by atoms with E-state index in [0.717, 1.165) is 30.8 Å². The van der Waals surface area contributed by atoms with Gasteiger partial charge in [0.2, 0.25) is 0 Å². The second kappa shape index (κ2) is 5.57. The molecule has 2 rings (SSSR count). The van der Waals surface area contributed by atoms with Crippen LogP contribution < -0.4 is 5.73 Å². The minimum Gasteiger partial charge on any atom is -0.322 e. The number of aromatic nitrogens is 4. The lowest BCUT2D eigenvalue weighted by molar-refractivity contribution is 0.537. The van der Waals surface area contributed by atoms with Gasteiger partial charge in [-0.15, -0.1) is 0 Å². The van der Waals surface area contributed by atoms with E-state index in [4.69, 9.17) is 5.73 Å². The van der Waals surface area contributed by atoms with E-state index in [1.807, 2.05) is 35.6 Å². The molecule has 104 valence electrons. The maximum absolute atomic E-state index is 6.35. The summed E-state index contributed by atoms with van der Waals surface area (Å²) in [6, 6.07) is 1.98. The average Bonchev–Trinajstić information content (AvgIpc) is 2.91. The van der Waals surface area contributed by atoms with Crippen molar-refractivity contribution in [3.05, 3.63) is 34.9 Å². The Bertz CT molecular complexity index is 552. The Kier molecular flexibility index (Phi) is 4.04. The van der Waals surface area contributed by atoms with E-state index in [1.54, 1.807) is 0 Å². The Hall–Kier alpha value is -1.62. The molecule has 2 aromatic rings. The third-order valence-corrected chi connectivity index (χ3v) is 3.65. The van der Waals surface area contributed by atoms with Crippen molar-refractivity contribution in [3.8, 4) is 0 Å². The Labute approximate surface area is 114 Å². The molecule has 0 aliphatic heterocycles. The molecule has 0 radical (unpaired) electrons. The third-order valence-electron chi connectivity index (χ3n) is 3.65. The standard InChI is InChI=1S/C14H23N5/c1-5-8-19-14(6-7-16-19)13(15)9-12-10(2)17-18(4)11(12)3/h6-7,13H,5,8-9,15H2,1-4H3. The van der Waals surface area contributed by atoms with Crippen LogP contribution in [-0.4, -0.2) is 19.6 Å². The minimum atomic E-state index is -0.0318. The lowest BCUT2D eigenvalue weighted by Gasteiger charge is -2.14. The van der Waals surface area contributed by atoms with Gasteiger partial charge in [0, 0.05) is 25.5 Å². The van der Waals surface area contributed by atoms with Gasteiger partial charge in [0.15, 0.2) is 0 Å². The van der Waals surface area contributed by atoms with Crippen molar-refractivity contribution in [1.82, 2.24) is 19.6 Å². The molecule has 2 heterocycles. The summed E-state index contributed by atoms with van der Waals surface area (Å²) in [6.07, 6.45) is 3.70. The number of hydrogen-bond donors (Lipinski definition) is 1. The molecule has 2 aromatic heterocycles. The zero-order valence-corrected chi connectivity index (χ0v) is 12.2. The van der Waals surface area contributed by atoms with E-state index in [9.17, 15) is 0 Å². The Morgan fingerprint density at radius 2 is 2.11 bits per heavy atom. The number of rotatable bonds is 5. The van der Waals surface area contributed by atoms with Crippen LogP contribution >= 0.6 is 0 Å². The first-order valence-corrected chi connectivity index (χ1v) is 6.81. The van der Waals surface area contributed by atoms with Crippen LogP contribution in [-0.2, 0) is 20.0 Å². The van der Waals surface area contributed by atoms with Gasteiger partial charge < -0.3 is 5.73 Å². The van der Waals surface area contributed by atoms with Gasteiger partial charge in [-0.2, -0.15) is 10.2 Å². The molecule has 0 bridgehead atoms. The van der Waals surface area contributed by atoms with Crippen molar-refractivity contribution >= 4 is 0 Å². The van der Waals surface area contributed by atoms with Gasteiger partial charge in [0.1, 0.15) is 0 Å². The monoisotopic (exact) mass is 261 g/mol. The molecule has 1 unspecified atom stereocenters. The first-order chi connectivity index (χ1) is 9.04. The molecule has 0 aliphatic carbocycles. The second-order valence-corrected chi connectivity index (χ2v) is 5.06. The van der Waals surface area contributed by atoms with Crippen LogP contribution in [0.25, 0.3) is 0 Å². The predicted molar refractivity (Wildman–Crippen MR) is 75.8 cm³/mol. The normalized spacial score (nSPS) is 12.9. The van der Waals surface area contributed by atoms with Crippen LogP contribution in [0.4, 0.5) is 0 Å². The molecule has 0 fully saturated rings. The highest BCUT2D eigenvalue weighted by Crippen LogP contribution is 2.20. The van der Waals surface area contributed by atoms with Gasteiger partial charge in [0.05, 0.1) is 17.4 Å². The highest BCUT2D eigenvalue weighted by atomic mass is 15.3. The van der Waals surface area contributed by atoms with Crippen molar-refractivity contribution < 1.29 is 0 Å². The largest absolute Gasteiger partial charge is 0.322 e. The molecule has 19 heavy (non-hydrogen) atoms. The first kappa shape index (κ1) is 13.8. The van der Waals surface area contributed by atoms with E-state index in [2.05, 4.69) is 24.0 Å². The second-order valence-electron chi connectivity index (χ2n) is 5.06. The summed E-state index contributed by atoms with van der Waals surface area (Å²) in [5.41, 5.74) is 11.0. The van der Waals surface area contributed by atoms with Crippen LogP contribution in [0, 0.1) is 13.8 Å². The first-order valence-electron chi connectivity index (χ1n) is 6.81. The molecule has 2 N–H and O–H groups in total. The van der Waals surface area contributed by atoms with Crippen molar-refractivity contribution in [3.63, 3.8) is 0 Å². The number of nitrogens with zero attached hydrogens (tertiary/aromatic N) is 4. The molecule has 5 heteroatoms. The van der Waals surface area contributed by atoms with Crippen LogP contribution in [0.2, 0.25) is 0 Å². The van der Waals surface area contributed by atoms with Crippen LogP contribution in [0.1, 0.15) is 42.0 Å². The SMILES string of the molecule is CCCn1nccc1C(N)Cc1c(C)nn(C)c1C. The highest BCUT2D eigenvalue weighted by molar-refractivity contribution is 5.26. The Morgan fingerprint density at radius 1 is 1.37 bits per heavy atom. The lowest BCUT2D eigenvalue weighted by Crippen LogP contribution is -2.19. The third kappa shape index (κ3) is 2.71. The highest BCUT2D eigenvalue weighted by Gasteiger charge is 2.17. The van der Waals surface area contributed by atoms with E-state index in [0.29, 0.717) is 0 Å². The van der Waals surface area contributed by atoms with Gasteiger partial charge in [0.25, 0.3) is 0 Å². The summed E-state index contributed by atoms with van der Waals surface area (Å²) >= 11 is 0. The van der Waals surface area contributed by atoms with Crippen molar-refractivity contribution in [2.45, 2.75) is 46.2 Å².